The second kappa shape index (κ2) is 14.6. The van der Waals surface area contributed by atoms with Gasteiger partial charge in [0.2, 0.25) is 5.91 Å². The van der Waals surface area contributed by atoms with E-state index in [1.54, 1.807) is 17.0 Å². The number of nitrogens with zero attached hydrogens (tertiary/aromatic N) is 1. The molecular formula is C26H33Cl2NO7S. The average molecular weight is 575 g/mol. The van der Waals surface area contributed by atoms with Gasteiger partial charge >= 0.3 is 5.97 Å². The lowest BCUT2D eigenvalue weighted by Gasteiger charge is -2.24. The van der Waals surface area contributed by atoms with E-state index in [-0.39, 0.29) is 44.6 Å². The molecular weight excluding hydrogens is 541 g/mol. The third kappa shape index (κ3) is 11.3. The molecule has 0 unspecified atom stereocenters. The van der Waals surface area contributed by atoms with Gasteiger partial charge in [0.05, 0.1) is 42.0 Å². The van der Waals surface area contributed by atoms with Crippen LogP contribution in [0.2, 0.25) is 10.0 Å². The number of hydrogen-bond donors (Lipinski definition) is 0. The van der Waals surface area contributed by atoms with E-state index in [1.807, 2.05) is 38.1 Å². The molecule has 0 saturated carbocycles. The standard InChI is InChI=1S/C26H33Cl2NO7S/c1-18(2)36-22-7-5-6-20(16-22)17-25(31)29(13-15-34-19(3)30)12-10-21-8-9-24(27)26(28)23(21)11-14-35-37(4,32)33/h5-9,16,18H,10-15,17H2,1-4H3. The van der Waals surface area contributed by atoms with E-state index in [2.05, 4.69) is 0 Å². The number of amides is 1. The van der Waals surface area contributed by atoms with Gasteiger partial charge in [-0.15, -0.1) is 0 Å². The lowest BCUT2D eigenvalue weighted by atomic mass is 10.0. The van der Waals surface area contributed by atoms with Crippen LogP contribution in [0.1, 0.15) is 37.5 Å². The number of benzene rings is 2. The summed E-state index contributed by atoms with van der Waals surface area (Å²) in [7, 11) is -3.60. The van der Waals surface area contributed by atoms with E-state index in [9.17, 15) is 18.0 Å². The highest BCUT2D eigenvalue weighted by Crippen LogP contribution is 2.30. The van der Waals surface area contributed by atoms with Gasteiger partial charge in [-0.05, 0) is 61.6 Å². The second-order valence-electron chi connectivity index (χ2n) is 8.74. The van der Waals surface area contributed by atoms with E-state index in [1.165, 1.54) is 6.92 Å². The molecule has 0 N–H and O–H groups in total. The van der Waals surface area contributed by atoms with Crippen molar-refractivity contribution in [2.24, 2.45) is 0 Å². The van der Waals surface area contributed by atoms with Crippen molar-refractivity contribution in [2.75, 3.05) is 32.6 Å². The van der Waals surface area contributed by atoms with E-state index in [4.69, 9.17) is 36.9 Å². The van der Waals surface area contributed by atoms with Crippen LogP contribution >= 0.6 is 23.2 Å². The molecule has 2 aromatic rings. The molecule has 0 aliphatic rings. The Morgan fingerprint density at radius 1 is 1.03 bits per heavy atom. The third-order valence-corrected chi connectivity index (χ3v) is 6.68. The fourth-order valence-electron chi connectivity index (χ4n) is 3.64. The van der Waals surface area contributed by atoms with Crippen molar-refractivity contribution in [2.45, 2.75) is 46.1 Å². The molecule has 1 amide bonds. The second-order valence-corrected chi connectivity index (χ2v) is 11.2. The summed E-state index contributed by atoms with van der Waals surface area (Å²) in [5.41, 5.74) is 2.27. The van der Waals surface area contributed by atoms with Gasteiger partial charge < -0.3 is 14.4 Å². The summed E-state index contributed by atoms with van der Waals surface area (Å²) in [6.45, 7) is 5.68. The number of carbonyl (C=O) groups excluding carboxylic acids is 2. The van der Waals surface area contributed by atoms with Gasteiger partial charge in [-0.1, -0.05) is 41.4 Å². The topological polar surface area (TPSA) is 99.2 Å². The molecule has 2 rings (SSSR count). The lowest BCUT2D eigenvalue weighted by Crippen LogP contribution is -2.37. The summed E-state index contributed by atoms with van der Waals surface area (Å²) in [6, 6.07) is 10.8. The SMILES string of the molecule is CC(=O)OCCN(CCc1ccc(Cl)c(Cl)c1CCOS(C)(=O)=O)C(=O)Cc1cccc(OC(C)C)c1. The molecule has 8 nitrogen and oxygen atoms in total. The third-order valence-electron chi connectivity index (χ3n) is 5.24. The van der Waals surface area contributed by atoms with Crippen molar-refractivity contribution in [3.63, 3.8) is 0 Å². The molecule has 0 heterocycles. The van der Waals surface area contributed by atoms with Crippen LogP contribution in [0.5, 0.6) is 5.75 Å². The minimum absolute atomic E-state index is 0.00871. The Hall–Kier alpha value is -2.33. The maximum absolute atomic E-state index is 13.2. The Balaban J connectivity index is 2.18. The van der Waals surface area contributed by atoms with Crippen LogP contribution in [-0.4, -0.2) is 63.9 Å². The fourth-order valence-corrected chi connectivity index (χ4v) is 4.48. The van der Waals surface area contributed by atoms with Gasteiger partial charge in [-0.2, -0.15) is 8.42 Å². The zero-order valence-corrected chi connectivity index (χ0v) is 23.8. The number of hydrogen-bond acceptors (Lipinski definition) is 7. The molecule has 0 aliphatic heterocycles. The normalized spacial score (nSPS) is 11.4. The Labute approximate surface area is 228 Å². The Morgan fingerprint density at radius 3 is 2.41 bits per heavy atom. The van der Waals surface area contributed by atoms with Crippen LogP contribution in [0.25, 0.3) is 0 Å². The Kier molecular flexibility index (Phi) is 12.2. The predicted molar refractivity (Wildman–Crippen MR) is 144 cm³/mol. The summed E-state index contributed by atoms with van der Waals surface area (Å²) < 4.78 is 38.4. The van der Waals surface area contributed by atoms with Gasteiger partial charge in [-0.3, -0.25) is 13.8 Å². The monoisotopic (exact) mass is 573 g/mol. The van der Waals surface area contributed by atoms with Crippen molar-refractivity contribution in [3.8, 4) is 5.75 Å². The molecule has 0 aliphatic carbocycles. The number of esters is 1. The molecule has 0 aromatic heterocycles. The first-order chi connectivity index (χ1) is 17.4. The van der Waals surface area contributed by atoms with Crippen LogP contribution in [0.15, 0.2) is 36.4 Å². The molecule has 0 bridgehead atoms. The van der Waals surface area contributed by atoms with Gasteiger partial charge in [0.15, 0.2) is 0 Å². The van der Waals surface area contributed by atoms with Gasteiger partial charge in [0.1, 0.15) is 12.4 Å². The van der Waals surface area contributed by atoms with Gasteiger partial charge in [0, 0.05) is 13.5 Å². The van der Waals surface area contributed by atoms with Gasteiger partial charge in [-0.25, -0.2) is 0 Å². The van der Waals surface area contributed by atoms with E-state index in [0.717, 1.165) is 17.4 Å². The van der Waals surface area contributed by atoms with Crippen LogP contribution in [0.3, 0.4) is 0 Å². The largest absolute Gasteiger partial charge is 0.491 e. The van der Waals surface area contributed by atoms with Crippen molar-refractivity contribution in [1.82, 2.24) is 4.90 Å². The summed E-state index contributed by atoms with van der Waals surface area (Å²) >= 11 is 12.6. The van der Waals surface area contributed by atoms with Crippen molar-refractivity contribution in [3.05, 3.63) is 63.1 Å². The lowest BCUT2D eigenvalue weighted by molar-refractivity contribution is -0.143. The molecule has 11 heteroatoms. The van der Waals surface area contributed by atoms with E-state index < -0.39 is 16.1 Å². The molecule has 0 saturated heterocycles. The van der Waals surface area contributed by atoms with Gasteiger partial charge in [0.25, 0.3) is 10.1 Å². The molecule has 0 spiro atoms. The van der Waals surface area contributed by atoms with Crippen molar-refractivity contribution >= 4 is 45.2 Å². The number of carbonyl (C=O) groups is 2. The fraction of sp³-hybridized carbons (Fsp3) is 0.462. The Morgan fingerprint density at radius 2 is 1.76 bits per heavy atom. The molecule has 204 valence electrons. The highest BCUT2D eigenvalue weighted by atomic mass is 35.5. The average Bonchev–Trinajstić information content (AvgIpc) is 2.78. The zero-order chi connectivity index (χ0) is 27.6. The summed E-state index contributed by atoms with van der Waals surface area (Å²) in [5.74, 6) is 0.114. The van der Waals surface area contributed by atoms with Crippen LogP contribution in [-0.2, 0) is 47.9 Å². The first-order valence-corrected chi connectivity index (χ1v) is 14.4. The smallest absolute Gasteiger partial charge is 0.302 e. The quantitative estimate of drug-likeness (QED) is 0.242. The molecule has 37 heavy (non-hydrogen) atoms. The number of rotatable bonds is 14. The summed E-state index contributed by atoms with van der Waals surface area (Å²) in [5, 5.41) is 0.655. The number of ether oxygens (including phenoxy) is 2. The zero-order valence-electron chi connectivity index (χ0n) is 21.5. The first-order valence-electron chi connectivity index (χ1n) is 11.8. The molecule has 0 atom stereocenters. The van der Waals surface area contributed by atoms with Crippen LogP contribution < -0.4 is 4.74 Å². The molecule has 0 fully saturated rings. The minimum Gasteiger partial charge on any atom is -0.491 e. The highest BCUT2D eigenvalue weighted by Gasteiger charge is 2.18. The minimum atomic E-state index is -3.60. The van der Waals surface area contributed by atoms with Crippen molar-refractivity contribution in [1.29, 1.82) is 0 Å². The Bertz CT molecular complexity index is 1190. The van der Waals surface area contributed by atoms with Crippen molar-refractivity contribution < 1.29 is 31.7 Å². The van der Waals surface area contributed by atoms with Crippen LogP contribution in [0, 0.1) is 0 Å². The highest BCUT2D eigenvalue weighted by molar-refractivity contribution is 7.85. The predicted octanol–water partition coefficient (Wildman–Crippen LogP) is 4.48. The van der Waals surface area contributed by atoms with E-state index in [0.29, 0.717) is 34.3 Å². The van der Waals surface area contributed by atoms with Crippen LogP contribution in [0.4, 0.5) is 0 Å². The first kappa shape index (κ1) is 30.9. The number of halogens is 2. The summed E-state index contributed by atoms with van der Waals surface area (Å²) in [6.07, 6.45) is 1.78. The summed E-state index contributed by atoms with van der Waals surface area (Å²) in [4.78, 5) is 26.1. The maximum Gasteiger partial charge on any atom is 0.302 e. The molecule has 2 aromatic carbocycles. The maximum atomic E-state index is 13.2. The molecule has 0 radical (unpaired) electrons. The van der Waals surface area contributed by atoms with E-state index >= 15 is 0 Å².